The van der Waals surface area contributed by atoms with Crippen LogP contribution in [0.3, 0.4) is 0 Å². The highest BCUT2D eigenvalue weighted by molar-refractivity contribution is 9.10. The fourth-order valence-electron chi connectivity index (χ4n) is 1.55. The average Bonchev–Trinajstić information content (AvgIpc) is 2.79. The van der Waals surface area contributed by atoms with Gasteiger partial charge in [-0.05, 0) is 19.2 Å². The number of benzene rings is 1. The zero-order valence-corrected chi connectivity index (χ0v) is 12.0. The maximum Gasteiger partial charge on any atom is 0.327 e. The zero-order valence-electron chi connectivity index (χ0n) is 9.55. The number of carbonyl (C=O) groups is 1. The first-order valence-corrected chi connectivity index (χ1v) is 6.90. The van der Waals surface area contributed by atoms with E-state index in [1.807, 2.05) is 29.6 Å². The summed E-state index contributed by atoms with van der Waals surface area (Å²) in [7, 11) is 1.61. The van der Waals surface area contributed by atoms with Crippen molar-refractivity contribution in [3.63, 3.8) is 0 Å². The van der Waals surface area contributed by atoms with Crippen molar-refractivity contribution < 1.29 is 9.90 Å². The molecule has 0 spiro atoms. The molecule has 0 amide bonds. The van der Waals surface area contributed by atoms with E-state index in [1.165, 1.54) is 11.3 Å². The van der Waals surface area contributed by atoms with Crippen molar-refractivity contribution >= 4 is 33.2 Å². The molecule has 0 aliphatic rings. The molecule has 2 aromatic rings. The number of aromatic nitrogens is 1. The molecule has 0 saturated carbocycles. The molecule has 18 heavy (non-hydrogen) atoms. The average molecular weight is 327 g/mol. The largest absolute Gasteiger partial charge is 0.480 e. The lowest BCUT2D eigenvalue weighted by molar-refractivity contribution is -0.139. The topological polar surface area (TPSA) is 62.2 Å². The summed E-state index contributed by atoms with van der Waals surface area (Å²) in [5.41, 5.74) is 1.75. The second-order valence-corrected chi connectivity index (χ2v) is 5.45. The van der Waals surface area contributed by atoms with Crippen LogP contribution in [-0.2, 0) is 4.79 Å². The fraction of sp³-hybridized carbons (Fsp3) is 0.167. The van der Waals surface area contributed by atoms with Gasteiger partial charge in [-0.15, -0.1) is 11.3 Å². The smallest absolute Gasteiger partial charge is 0.327 e. The first-order valence-electron chi connectivity index (χ1n) is 5.23. The van der Waals surface area contributed by atoms with Gasteiger partial charge in [0.05, 0.1) is 5.69 Å². The van der Waals surface area contributed by atoms with Crippen LogP contribution in [0.1, 0.15) is 11.0 Å². The van der Waals surface area contributed by atoms with Crippen LogP contribution in [-0.4, -0.2) is 23.1 Å². The maximum absolute atomic E-state index is 11.0. The van der Waals surface area contributed by atoms with E-state index < -0.39 is 12.0 Å². The van der Waals surface area contributed by atoms with Crippen molar-refractivity contribution in [2.75, 3.05) is 7.05 Å². The molecule has 1 unspecified atom stereocenters. The Balaban J connectivity index is 2.33. The highest BCUT2D eigenvalue weighted by atomic mass is 79.9. The normalized spacial score (nSPS) is 12.3. The standard InChI is InChI=1S/C12H11BrN2O2S/c1-14-10(12(16)17)11-15-9(6-18-11)7-3-2-4-8(13)5-7/h2-6,10,14H,1H3,(H,16,17). The molecule has 4 nitrogen and oxygen atoms in total. The number of carboxylic acids is 1. The van der Waals surface area contributed by atoms with Crippen LogP contribution >= 0.6 is 27.3 Å². The Labute approximate surface area is 117 Å². The Morgan fingerprint density at radius 2 is 2.33 bits per heavy atom. The number of hydrogen-bond acceptors (Lipinski definition) is 4. The summed E-state index contributed by atoms with van der Waals surface area (Å²) in [5.74, 6) is -0.923. The summed E-state index contributed by atoms with van der Waals surface area (Å²) < 4.78 is 0.970. The third kappa shape index (κ3) is 2.77. The molecule has 0 aliphatic carbocycles. The van der Waals surface area contributed by atoms with Gasteiger partial charge in [-0.3, -0.25) is 4.79 Å². The van der Waals surface area contributed by atoms with E-state index in [0.29, 0.717) is 5.01 Å². The Hall–Kier alpha value is -1.24. The third-order valence-corrected chi connectivity index (χ3v) is 3.83. The highest BCUT2D eigenvalue weighted by Gasteiger charge is 2.21. The van der Waals surface area contributed by atoms with Gasteiger partial charge in [-0.2, -0.15) is 0 Å². The molecular weight excluding hydrogens is 316 g/mol. The summed E-state index contributed by atoms with van der Waals surface area (Å²) >= 11 is 4.74. The van der Waals surface area contributed by atoms with E-state index >= 15 is 0 Å². The van der Waals surface area contributed by atoms with Crippen molar-refractivity contribution in [2.24, 2.45) is 0 Å². The Kier molecular flexibility index (Phi) is 4.11. The van der Waals surface area contributed by atoms with Gasteiger partial charge in [-0.25, -0.2) is 4.98 Å². The quantitative estimate of drug-likeness (QED) is 0.906. The van der Waals surface area contributed by atoms with Gasteiger partial charge in [-0.1, -0.05) is 28.1 Å². The van der Waals surface area contributed by atoms with E-state index in [9.17, 15) is 4.79 Å². The minimum atomic E-state index is -0.923. The summed E-state index contributed by atoms with van der Waals surface area (Å²) in [5, 5.41) is 14.2. The zero-order chi connectivity index (χ0) is 13.1. The van der Waals surface area contributed by atoms with Gasteiger partial charge < -0.3 is 10.4 Å². The Bertz CT molecular complexity index is 571. The molecule has 0 radical (unpaired) electrons. The number of nitrogens with one attached hydrogen (secondary N) is 1. The number of aliphatic carboxylic acids is 1. The summed E-state index contributed by atoms with van der Waals surface area (Å²) in [6.07, 6.45) is 0. The molecule has 1 heterocycles. The monoisotopic (exact) mass is 326 g/mol. The first-order chi connectivity index (χ1) is 8.61. The van der Waals surface area contributed by atoms with Crippen LogP contribution < -0.4 is 5.32 Å². The number of likely N-dealkylation sites (N-methyl/N-ethyl adjacent to an activating group) is 1. The van der Waals surface area contributed by atoms with E-state index in [1.54, 1.807) is 7.05 Å². The van der Waals surface area contributed by atoms with Gasteiger partial charge >= 0.3 is 5.97 Å². The molecule has 94 valence electrons. The third-order valence-electron chi connectivity index (χ3n) is 2.42. The van der Waals surface area contributed by atoms with Crippen molar-refractivity contribution in [1.82, 2.24) is 10.3 Å². The van der Waals surface area contributed by atoms with Crippen LogP contribution in [0.15, 0.2) is 34.1 Å². The number of carboxylic acid groups (broad SMARTS) is 1. The number of nitrogens with zero attached hydrogens (tertiary/aromatic N) is 1. The van der Waals surface area contributed by atoms with E-state index in [2.05, 4.69) is 26.2 Å². The first kappa shape index (κ1) is 13.2. The minimum Gasteiger partial charge on any atom is -0.480 e. The molecule has 0 bridgehead atoms. The lowest BCUT2D eigenvalue weighted by Gasteiger charge is -2.06. The molecule has 0 fully saturated rings. The van der Waals surface area contributed by atoms with Gasteiger partial charge in [0, 0.05) is 15.4 Å². The van der Waals surface area contributed by atoms with Crippen molar-refractivity contribution in [3.05, 3.63) is 39.1 Å². The Morgan fingerprint density at radius 1 is 1.56 bits per heavy atom. The number of thiazole rings is 1. The van der Waals surface area contributed by atoms with Gasteiger partial charge in [0.25, 0.3) is 0 Å². The molecule has 1 aromatic heterocycles. The van der Waals surface area contributed by atoms with Crippen molar-refractivity contribution in [3.8, 4) is 11.3 Å². The molecule has 0 saturated heterocycles. The fourth-order valence-corrected chi connectivity index (χ4v) is 2.88. The van der Waals surface area contributed by atoms with Crippen molar-refractivity contribution in [1.29, 1.82) is 0 Å². The van der Waals surface area contributed by atoms with E-state index in [0.717, 1.165) is 15.7 Å². The molecule has 1 aromatic carbocycles. The van der Waals surface area contributed by atoms with Gasteiger partial charge in [0.1, 0.15) is 5.01 Å². The summed E-state index contributed by atoms with van der Waals surface area (Å²) in [6.45, 7) is 0. The second kappa shape index (κ2) is 5.60. The van der Waals surface area contributed by atoms with Crippen LogP contribution in [0, 0.1) is 0 Å². The molecule has 6 heteroatoms. The number of halogens is 1. The minimum absolute atomic E-state index is 0.556. The molecule has 0 aliphatic heterocycles. The maximum atomic E-state index is 11.0. The summed E-state index contributed by atoms with van der Waals surface area (Å²) in [6, 6.07) is 7.00. The van der Waals surface area contributed by atoms with Gasteiger partial charge in [0.15, 0.2) is 6.04 Å². The Morgan fingerprint density at radius 3 is 2.94 bits per heavy atom. The summed E-state index contributed by atoms with van der Waals surface area (Å²) in [4.78, 5) is 15.4. The van der Waals surface area contributed by atoms with E-state index in [4.69, 9.17) is 5.11 Å². The van der Waals surface area contributed by atoms with Crippen LogP contribution in [0.4, 0.5) is 0 Å². The van der Waals surface area contributed by atoms with Crippen LogP contribution in [0.25, 0.3) is 11.3 Å². The molecular formula is C12H11BrN2O2S. The van der Waals surface area contributed by atoms with Crippen LogP contribution in [0.2, 0.25) is 0 Å². The predicted octanol–water partition coefficient (Wildman–Crippen LogP) is 2.92. The lowest BCUT2D eigenvalue weighted by Crippen LogP contribution is -2.24. The highest BCUT2D eigenvalue weighted by Crippen LogP contribution is 2.27. The number of rotatable bonds is 4. The SMILES string of the molecule is CNC(C(=O)O)c1nc(-c2cccc(Br)c2)cs1. The molecule has 2 N–H and O–H groups in total. The van der Waals surface area contributed by atoms with Crippen LogP contribution in [0.5, 0.6) is 0 Å². The van der Waals surface area contributed by atoms with Crippen molar-refractivity contribution in [2.45, 2.75) is 6.04 Å². The predicted molar refractivity (Wildman–Crippen MR) is 74.7 cm³/mol. The lowest BCUT2D eigenvalue weighted by atomic mass is 10.2. The second-order valence-electron chi connectivity index (χ2n) is 3.64. The van der Waals surface area contributed by atoms with Gasteiger partial charge in [0.2, 0.25) is 0 Å². The molecule has 2 rings (SSSR count). The molecule has 1 atom stereocenters. The number of hydrogen-bond donors (Lipinski definition) is 2. The van der Waals surface area contributed by atoms with E-state index in [-0.39, 0.29) is 0 Å².